The Bertz CT molecular complexity index is 1000. The van der Waals surface area contributed by atoms with Crippen LogP contribution in [0.3, 0.4) is 0 Å². The second kappa shape index (κ2) is 6.95. The molecule has 1 N–H and O–H groups in total. The van der Waals surface area contributed by atoms with Gasteiger partial charge in [-0.25, -0.2) is 9.97 Å². The predicted octanol–water partition coefficient (Wildman–Crippen LogP) is 4.06. The number of nitrogens with one attached hydrogen (secondary N) is 1. The number of fused-ring (bicyclic) bond motifs is 2. The zero-order chi connectivity index (χ0) is 19.0. The summed E-state index contributed by atoms with van der Waals surface area (Å²) in [5, 5.41) is 4.45. The molecule has 0 spiro atoms. The zero-order valence-corrected chi connectivity index (χ0v) is 16.0. The third kappa shape index (κ3) is 3.12. The van der Waals surface area contributed by atoms with Gasteiger partial charge in [-0.2, -0.15) is 0 Å². The monoisotopic (exact) mass is 365 g/mol. The largest absolute Gasteiger partial charge is 0.493 e. The maximum absolute atomic E-state index is 5.70. The van der Waals surface area contributed by atoms with Gasteiger partial charge in [-0.05, 0) is 31.5 Å². The van der Waals surface area contributed by atoms with Crippen LogP contribution in [0.5, 0.6) is 17.2 Å². The zero-order valence-electron chi connectivity index (χ0n) is 16.0. The third-order valence-corrected chi connectivity index (χ3v) is 4.91. The van der Waals surface area contributed by atoms with Crippen LogP contribution in [0.4, 0.5) is 5.82 Å². The lowest BCUT2D eigenvalue weighted by molar-refractivity contribution is 0.356. The van der Waals surface area contributed by atoms with Crippen LogP contribution in [0.2, 0.25) is 0 Å². The molecule has 2 heterocycles. The molecule has 6 nitrogen and oxygen atoms in total. The molecule has 0 saturated heterocycles. The van der Waals surface area contributed by atoms with Gasteiger partial charge >= 0.3 is 0 Å². The van der Waals surface area contributed by atoms with Crippen LogP contribution in [0.25, 0.3) is 10.9 Å². The van der Waals surface area contributed by atoms with Crippen LogP contribution in [0.1, 0.15) is 29.9 Å². The molecule has 4 rings (SSSR count). The van der Waals surface area contributed by atoms with Crippen molar-refractivity contribution < 1.29 is 14.2 Å². The van der Waals surface area contributed by atoms with E-state index in [1.54, 1.807) is 14.2 Å². The molecule has 1 aromatic heterocycles. The molecule has 0 bridgehead atoms. The lowest BCUT2D eigenvalue weighted by atomic mass is 9.99. The summed E-state index contributed by atoms with van der Waals surface area (Å²) in [6, 6.07) is 10.1. The van der Waals surface area contributed by atoms with Crippen LogP contribution in [-0.2, 0) is 6.42 Å². The standard InChI is InChI=1S/C21H23N3O3/c1-12(14-6-5-7-18-15(14)8-9-27-18)22-21-16-10-19(25-3)20(26-4)11-17(16)23-13(2)24-21/h5-7,10-12H,8-9H2,1-4H3,(H,22,23,24). The molecular formula is C21H23N3O3. The van der Waals surface area contributed by atoms with E-state index in [0.717, 1.165) is 35.5 Å². The van der Waals surface area contributed by atoms with Gasteiger partial charge in [0.1, 0.15) is 17.4 Å². The SMILES string of the molecule is COc1cc2nc(C)nc(NC(C)c3cccc4c3CCO4)c2cc1OC. The number of rotatable bonds is 5. The summed E-state index contributed by atoms with van der Waals surface area (Å²) in [7, 11) is 3.25. The Morgan fingerprint density at radius 1 is 1.11 bits per heavy atom. The second-order valence-electron chi connectivity index (χ2n) is 6.63. The maximum Gasteiger partial charge on any atom is 0.162 e. The number of hydrogen-bond acceptors (Lipinski definition) is 6. The molecule has 1 unspecified atom stereocenters. The van der Waals surface area contributed by atoms with E-state index in [2.05, 4.69) is 28.3 Å². The van der Waals surface area contributed by atoms with E-state index in [-0.39, 0.29) is 6.04 Å². The summed E-state index contributed by atoms with van der Waals surface area (Å²) in [6.45, 7) is 4.77. The number of benzene rings is 2. The van der Waals surface area contributed by atoms with Crippen molar-refractivity contribution in [3.8, 4) is 17.2 Å². The number of nitrogens with zero attached hydrogens (tertiary/aromatic N) is 2. The Morgan fingerprint density at radius 3 is 2.67 bits per heavy atom. The Balaban J connectivity index is 1.76. The number of hydrogen-bond donors (Lipinski definition) is 1. The van der Waals surface area contributed by atoms with Gasteiger partial charge in [0.25, 0.3) is 0 Å². The van der Waals surface area contributed by atoms with Gasteiger partial charge in [0, 0.05) is 23.4 Å². The molecule has 0 aliphatic carbocycles. The smallest absolute Gasteiger partial charge is 0.162 e. The molecule has 1 aliphatic rings. The number of methoxy groups -OCH3 is 2. The second-order valence-corrected chi connectivity index (χ2v) is 6.63. The normalized spacial score (nSPS) is 13.8. The Morgan fingerprint density at radius 2 is 1.89 bits per heavy atom. The van der Waals surface area contributed by atoms with Gasteiger partial charge in [-0.3, -0.25) is 0 Å². The van der Waals surface area contributed by atoms with Crippen LogP contribution in [-0.4, -0.2) is 30.8 Å². The van der Waals surface area contributed by atoms with Gasteiger partial charge in [-0.1, -0.05) is 12.1 Å². The van der Waals surface area contributed by atoms with Gasteiger partial charge in [0.05, 0.1) is 32.4 Å². The average Bonchev–Trinajstić information content (AvgIpc) is 3.15. The molecular weight excluding hydrogens is 342 g/mol. The highest BCUT2D eigenvalue weighted by Crippen LogP contribution is 2.36. The fourth-order valence-corrected chi connectivity index (χ4v) is 3.62. The molecule has 0 radical (unpaired) electrons. The van der Waals surface area contributed by atoms with Crippen molar-refractivity contribution in [3.05, 3.63) is 47.3 Å². The summed E-state index contributed by atoms with van der Waals surface area (Å²) in [5.41, 5.74) is 3.32. The molecule has 6 heteroatoms. The van der Waals surface area contributed by atoms with Gasteiger partial charge < -0.3 is 19.5 Å². The minimum absolute atomic E-state index is 0.0762. The molecule has 140 valence electrons. The van der Waals surface area contributed by atoms with E-state index in [0.29, 0.717) is 17.3 Å². The summed E-state index contributed by atoms with van der Waals surface area (Å²) < 4.78 is 16.6. The quantitative estimate of drug-likeness (QED) is 0.735. The molecule has 0 saturated carbocycles. The summed E-state index contributed by atoms with van der Waals surface area (Å²) in [4.78, 5) is 9.19. The van der Waals surface area contributed by atoms with E-state index in [4.69, 9.17) is 14.2 Å². The fourth-order valence-electron chi connectivity index (χ4n) is 3.62. The maximum atomic E-state index is 5.70. The first-order valence-electron chi connectivity index (χ1n) is 9.02. The highest BCUT2D eigenvalue weighted by Gasteiger charge is 2.20. The van der Waals surface area contributed by atoms with Crippen LogP contribution in [0.15, 0.2) is 30.3 Å². The van der Waals surface area contributed by atoms with E-state index < -0.39 is 0 Å². The van der Waals surface area contributed by atoms with Gasteiger partial charge in [0.2, 0.25) is 0 Å². The van der Waals surface area contributed by atoms with Crippen molar-refractivity contribution in [2.45, 2.75) is 26.3 Å². The minimum atomic E-state index is 0.0762. The first kappa shape index (κ1) is 17.4. The fraction of sp³-hybridized carbons (Fsp3) is 0.333. The molecule has 27 heavy (non-hydrogen) atoms. The highest BCUT2D eigenvalue weighted by atomic mass is 16.5. The summed E-state index contributed by atoms with van der Waals surface area (Å²) in [6.07, 6.45) is 0.937. The Kier molecular flexibility index (Phi) is 4.48. The van der Waals surface area contributed by atoms with Crippen molar-refractivity contribution in [2.75, 3.05) is 26.1 Å². The van der Waals surface area contributed by atoms with E-state index in [1.807, 2.05) is 31.2 Å². The lowest BCUT2D eigenvalue weighted by Crippen LogP contribution is -2.11. The molecule has 1 aliphatic heterocycles. The number of aromatic nitrogens is 2. The van der Waals surface area contributed by atoms with Crippen molar-refractivity contribution in [1.29, 1.82) is 0 Å². The van der Waals surface area contributed by atoms with Crippen molar-refractivity contribution in [2.24, 2.45) is 0 Å². The van der Waals surface area contributed by atoms with E-state index in [9.17, 15) is 0 Å². The first-order chi connectivity index (χ1) is 13.1. The molecule has 2 aromatic carbocycles. The summed E-state index contributed by atoms with van der Waals surface area (Å²) >= 11 is 0. The average molecular weight is 365 g/mol. The third-order valence-electron chi connectivity index (χ3n) is 4.91. The van der Waals surface area contributed by atoms with Crippen molar-refractivity contribution in [3.63, 3.8) is 0 Å². The van der Waals surface area contributed by atoms with Crippen LogP contribution in [0, 0.1) is 6.92 Å². The Labute approximate surface area is 158 Å². The van der Waals surface area contributed by atoms with Crippen molar-refractivity contribution in [1.82, 2.24) is 9.97 Å². The number of anilines is 1. The Hall–Kier alpha value is -3.02. The highest BCUT2D eigenvalue weighted by molar-refractivity contribution is 5.92. The van der Waals surface area contributed by atoms with Gasteiger partial charge in [-0.15, -0.1) is 0 Å². The minimum Gasteiger partial charge on any atom is -0.493 e. The van der Waals surface area contributed by atoms with E-state index >= 15 is 0 Å². The number of ether oxygens (including phenoxy) is 3. The first-order valence-corrected chi connectivity index (χ1v) is 9.02. The van der Waals surface area contributed by atoms with Crippen LogP contribution < -0.4 is 19.5 Å². The topological polar surface area (TPSA) is 65.5 Å². The molecule has 3 aromatic rings. The summed E-state index contributed by atoms with van der Waals surface area (Å²) in [5.74, 6) is 3.77. The predicted molar refractivity (Wildman–Crippen MR) is 105 cm³/mol. The van der Waals surface area contributed by atoms with Crippen molar-refractivity contribution >= 4 is 16.7 Å². The lowest BCUT2D eigenvalue weighted by Gasteiger charge is -2.19. The molecule has 0 fully saturated rings. The molecule has 1 atom stereocenters. The van der Waals surface area contributed by atoms with E-state index in [1.165, 1.54) is 11.1 Å². The molecule has 0 amide bonds. The number of aryl methyl sites for hydroxylation is 1. The van der Waals surface area contributed by atoms with Crippen LogP contribution >= 0.6 is 0 Å². The van der Waals surface area contributed by atoms with Gasteiger partial charge in [0.15, 0.2) is 11.5 Å².